The van der Waals surface area contributed by atoms with Crippen LogP contribution in [-0.4, -0.2) is 0 Å². The van der Waals surface area contributed by atoms with E-state index >= 15 is 0 Å². The SMILES string of the molecule is CC.CCC.Cc1cscc1C. The van der Waals surface area contributed by atoms with Crippen molar-refractivity contribution in [2.45, 2.75) is 48.0 Å². The summed E-state index contributed by atoms with van der Waals surface area (Å²) in [4.78, 5) is 0. The Morgan fingerprint density at radius 1 is 1.00 bits per heavy atom. The maximum Gasteiger partial charge on any atom is -0.00613 e. The van der Waals surface area contributed by atoms with E-state index < -0.39 is 0 Å². The van der Waals surface area contributed by atoms with Gasteiger partial charge in [0.05, 0.1) is 0 Å². The van der Waals surface area contributed by atoms with Crippen molar-refractivity contribution in [3.05, 3.63) is 21.9 Å². The van der Waals surface area contributed by atoms with Gasteiger partial charge in [0.25, 0.3) is 0 Å². The van der Waals surface area contributed by atoms with E-state index in [1.807, 2.05) is 13.8 Å². The first-order valence-corrected chi connectivity index (χ1v) is 5.66. The smallest absolute Gasteiger partial charge is 0.00613 e. The standard InChI is InChI=1S/C6H8S.C3H8.C2H6/c1-5-3-7-4-6(5)2;1-3-2;1-2/h3-4H,1-2H3;3H2,1-2H3;1-2H3. The van der Waals surface area contributed by atoms with Gasteiger partial charge in [0, 0.05) is 0 Å². The first-order valence-electron chi connectivity index (χ1n) is 4.71. The number of hydrogen-bond donors (Lipinski definition) is 0. The molecular weight excluding hydrogens is 164 g/mol. The van der Waals surface area contributed by atoms with Gasteiger partial charge in [-0.25, -0.2) is 0 Å². The van der Waals surface area contributed by atoms with Gasteiger partial charge in [-0.3, -0.25) is 0 Å². The van der Waals surface area contributed by atoms with Crippen LogP contribution in [0, 0.1) is 13.8 Å². The maximum atomic E-state index is 2.16. The van der Waals surface area contributed by atoms with Crippen LogP contribution in [-0.2, 0) is 0 Å². The highest BCUT2D eigenvalue weighted by atomic mass is 32.1. The normalized spacial score (nSPS) is 7.50. The highest BCUT2D eigenvalue weighted by molar-refractivity contribution is 7.08. The van der Waals surface area contributed by atoms with Crippen LogP contribution in [0.4, 0.5) is 0 Å². The monoisotopic (exact) mass is 186 g/mol. The Labute approximate surface area is 81.6 Å². The van der Waals surface area contributed by atoms with E-state index in [0.717, 1.165) is 0 Å². The fourth-order valence-electron chi connectivity index (χ4n) is 0.424. The second kappa shape index (κ2) is 10.7. The predicted molar refractivity (Wildman–Crippen MR) is 61.1 cm³/mol. The molecule has 0 bridgehead atoms. The lowest BCUT2D eigenvalue weighted by molar-refractivity contribution is 1.09. The average Bonchev–Trinajstić information content (AvgIpc) is 2.42. The molecule has 1 aromatic heterocycles. The Hall–Kier alpha value is -0.300. The van der Waals surface area contributed by atoms with E-state index in [2.05, 4.69) is 38.5 Å². The molecule has 0 unspecified atom stereocenters. The van der Waals surface area contributed by atoms with Gasteiger partial charge in [-0.2, -0.15) is 11.3 Å². The molecule has 0 aromatic carbocycles. The van der Waals surface area contributed by atoms with Crippen molar-refractivity contribution in [3.8, 4) is 0 Å². The first kappa shape index (κ1) is 14.2. The zero-order valence-corrected chi connectivity index (χ0v) is 10.1. The largest absolute Gasteiger partial charge is 0.152 e. The Kier molecular flexibility index (Phi) is 12.7. The molecule has 0 N–H and O–H groups in total. The highest BCUT2D eigenvalue weighted by Crippen LogP contribution is 2.10. The lowest BCUT2D eigenvalue weighted by atomic mass is 10.2. The van der Waals surface area contributed by atoms with Gasteiger partial charge in [0.15, 0.2) is 0 Å². The summed E-state index contributed by atoms with van der Waals surface area (Å²) in [5.41, 5.74) is 2.81. The minimum absolute atomic E-state index is 1.25. The van der Waals surface area contributed by atoms with Crippen molar-refractivity contribution in [2.24, 2.45) is 0 Å². The van der Waals surface area contributed by atoms with Gasteiger partial charge in [-0.05, 0) is 35.7 Å². The van der Waals surface area contributed by atoms with Gasteiger partial charge in [-0.15, -0.1) is 0 Å². The van der Waals surface area contributed by atoms with Crippen LogP contribution in [0.25, 0.3) is 0 Å². The van der Waals surface area contributed by atoms with Crippen LogP contribution in [0.1, 0.15) is 45.2 Å². The summed E-state index contributed by atoms with van der Waals surface area (Å²) in [5, 5.41) is 4.32. The molecular formula is C11H22S. The van der Waals surface area contributed by atoms with Crippen molar-refractivity contribution >= 4 is 11.3 Å². The van der Waals surface area contributed by atoms with Crippen LogP contribution in [0.2, 0.25) is 0 Å². The summed E-state index contributed by atoms with van der Waals surface area (Å²) in [6.07, 6.45) is 1.25. The molecule has 0 aliphatic heterocycles. The van der Waals surface area contributed by atoms with Crippen molar-refractivity contribution in [1.82, 2.24) is 0 Å². The molecule has 0 atom stereocenters. The molecule has 0 saturated heterocycles. The summed E-state index contributed by atoms with van der Waals surface area (Å²) in [6.45, 7) is 12.5. The molecule has 0 radical (unpaired) electrons. The Morgan fingerprint density at radius 2 is 1.25 bits per heavy atom. The third kappa shape index (κ3) is 7.80. The van der Waals surface area contributed by atoms with E-state index in [-0.39, 0.29) is 0 Å². The highest BCUT2D eigenvalue weighted by Gasteiger charge is 1.86. The second-order valence-corrected chi connectivity index (χ2v) is 3.19. The summed E-state index contributed by atoms with van der Waals surface area (Å²) in [7, 11) is 0. The quantitative estimate of drug-likeness (QED) is 0.545. The van der Waals surface area contributed by atoms with E-state index in [1.165, 1.54) is 17.5 Å². The second-order valence-electron chi connectivity index (χ2n) is 2.44. The summed E-state index contributed by atoms with van der Waals surface area (Å²) in [6, 6.07) is 0. The molecule has 0 saturated carbocycles. The van der Waals surface area contributed by atoms with Crippen molar-refractivity contribution in [1.29, 1.82) is 0 Å². The van der Waals surface area contributed by atoms with E-state index in [0.29, 0.717) is 0 Å². The molecule has 72 valence electrons. The molecule has 0 amide bonds. The van der Waals surface area contributed by atoms with Gasteiger partial charge >= 0.3 is 0 Å². The summed E-state index contributed by atoms with van der Waals surface area (Å²) in [5.74, 6) is 0. The van der Waals surface area contributed by atoms with E-state index in [4.69, 9.17) is 0 Å². The number of rotatable bonds is 0. The third-order valence-corrected chi connectivity index (χ3v) is 2.09. The predicted octanol–water partition coefficient (Wildman–Crippen LogP) is 4.81. The topological polar surface area (TPSA) is 0 Å². The van der Waals surface area contributed by atoms with Crippen molar-refractivity contribution < 1.29 is 0 Å². The Morgan fingerprint density at radius 3 is 1.33 bits per heavy atom. The van der Waals surface area contributed by atoms with Gasteiger partial charge in [-0.1, -0.05) is 34.1 Å². The van der Waals surface area contributed by atoms with Crippen LogP contribution < -0.4 is 0 Å². The molecule has 12 heavy (non-hydrogen) atoms. The van der Waals surface area contributed by atoms with Crippen LogP contribution in [0.3, 0.4) is 0 Å². The number of hydrogen-bond acceptors (Lipinski definition) is 1. The van der Waals surface area contributed by atoms with Gasteiger partial charge in [0.2, 0.25) is 0 Å². The molecule has 1 heterocycles. The van der Waals surface area contributed by atoms with Gasteiger partial charge < -0.3 is 0 Å². The lowest BCUT2D eigenvalue weighted by Gasteiger charge is -1.79. The van der Waals surface area contributed by atoms with E-state index in [1.54, 1.807) is 11.3 Å². The summed E-state index contributed by atoms with van der Waals surface area (Å²) < 4.78 is 0. The molecule has 0 nitrogen and oxygen atoms in total. The fourth-order valence-corrected chi connectivity index (χ4v) is 1.27. The lowest BCUT2D eigenvalue weighted by Crippen LogP contribution is -1.63. The Bertz CT molecular complexity index is 149. The minimum atomic E-state index is 1.25. The van der Waals surface area contributed by atoms with Crippen LogP contribution in [0.5, 0.6) is 0 Å². The zero-order valence-electron chi connectivity index (χ0n) is 9.27. The molecule has 1 rings (SSSR count). The minimum Gasteiger partial charge on any atom is -0.152 e. The number of thiophene rings is 1. The Balaban J connectivity index is 0. The number of aryl methyl sites for hydroxylation is 2. The maximum absolute atomic E-state index is 2.16. The first-order chi connectivity index (χ1) is 5.72. The van der Waals surface area contributed by atoms with Crippen LogP contribution >= 0.6 is 11.3 Å². The molecule has 0 aliphatic carbocycles. The van der Waals surface area contributed by atoms with E-state index in [9.17, 15) is 0 Å². The van der Waals surface area contributed by atoms with Crippen molar-refractivity contribution in [2.75, 3.05) is 0 Å². The molecule has 1 heteroatoms. The summed E-state index contributed by atoms with van der Waals surface area (Å²) >= 11 is 1.77. The molecule has 0 fully saturated rings. The van der Waals surface area contributed by atoms with Crippen LogP contribution in [0.15, 0.2) is 10.8 Å². The molecule has 1 aromatic rings. The third-order valence-electron chi connectivity index (χ3n) is 1.11. The fraction of sp³-hybridized carbons (Fsp3) is 0.636. The van der Waals surface area contributed by atoms with Gasteiger partial charge in [0.1, 0.15) is 0 Å². The molecule has 0 spiro atoms. The average molecular weight is 186 g/mol. The molecule has 0 aliphatic rings. The van der Waals surface area contributed by atoms with Crippen molar-refractivity contribution in [3.63, 3.8) is 0 Å². The zero-order chi connectivity index (χ0) is 9.98.